The molecule has 0 atom stereocenters. The van der Waals surface area contributed by atoms with Crippen LogP contribution in [0.1, 0.15) is 0 Å². The lowest BCUT2D eigenvalue weighted by Crippen LogP contribution is -2.37. The van der Waals surface area contributed by atoms with Crippen molar-refractivity contribution in [1.29, 1.82) is 0 Å². The Hall–Kier alpha value is -0.120. The Morgan fingerprint density at radius 2 is 1.86 bits per heavy atom. The summed E-state index contributed by atoms with van der Waals surface area (Å²) in [6, 6.07) is 0. The second kappa shape index (κ2) is 2.26. The van der Waals surface area contributed by atoms with Crippen LogP contribution in [0.15, 0.2) is 0 Å². The van der Waals surface area contributed by atoms with E-state index in [-0.39, 0.29) is 0 Å². The zero-order valence-corrected chi connectivity index (χ0v) is 4.17. The lowest BCUT2D eigenvalue weighted by molar-refractivity contribution is -0.0982. The van der Waals surface area contributed by atoms with Crippen LogP contribution in [0.2, 0.25) is 0 Å². The summed E-state index contributed by atoms with van der Waals surface area (Å²) in [5.41, 5.74) is 0. The molecular weight excluding hydrogens is 92.1 g/mol. The van der Waals surface area contributed by atoms with E-state index in [1.165, 1.54) is 5.06 Å². The van der Waals surface area contributed by atoms with Crippen LogP contribution in [0.3, 0.4) is 0 Å². The van der Waals surface area contributed by atoms with E-state index < -0.39 is 0 Å². The maximum Gasteiger partial charge on any atom is 0.0380 e. The van der Waals surface area contributed by atoms with Crippen molar-refractivity contribution in [2.24, 2.45) is 0 Å². The van der Waals surface area contributed by atoms with Gasteiger partial charge in [0.1, 0.15) is 0 Å². The summed E-state index contributed by atoms with van der Waals surface area (Å²) in [5.74, 6) is 0. The second-order valence-corrected chi connectivity index (χ2v) is 1.62. The van der Waals surface area contributed by atoms with Gasteiger partial charge in [0.05, 0.1) is 0 Å². The van der Waals surface area contributed by atoms with Crippen molar-refractivity contribution in [3.8, 4) is 0 Å². The summed E-state index contributed by atoms with van der Waals surface area (Å²) in [4.78, 5) is 0. The molecule has 1 rings (SSSR count). The van der Waals surface area contributed by atoms with Gasteiger partial charge >= 0.3 is 0 Å². The average molecular weight is 101 g/mol. The fourth-order valence-electron chi connectivity index (χ4n) is 0.596. The van der Waals surface area contributed by atoms with Gasteiger partial charge in [-0.2, -0.15) is 5.06 Å². The van der Waals surface area contributed by atoms with Gasteiger partial charge in [-0.25, -0.2) is 5.32 Å². The van der Waals surface area contributed by atoms with E-state index >= 15 is 0 Å². The summed E-state index contributed by atoms with van der Waals surface area (Å²) < 4.78 is 0. The number of nitrogens with zero attached hydrogens (tertiary/aromatic N) is 2. The molecule has 0 aliphatic carbocycles. The van der Waals surface area contributed by atoms with Gasteiger partial charge in [-0.1, -0.05) is 0 Å². The lowest BCUT2D eigenvalue weighted by atomic mass is 10.4. The number of rotatable bonds is 0. The quantitative estimate of drug-likeness (QED) is 0.438. The van der Waals surface area contributed by atoms with Crippen LogP contribution in [-0.4, -0.2) is 36.4 Å². The first-order valence-electron chi connectivity index (χ1n) is 2.46. The minimum atomic E-state index is 0.708. The van der Waals surface area contributed by atoms with E-state index in [9.17, 15) is 0 Å². The van der Waals surface area contributed by atoms with Gasteiger partial charge in [0.25, 0.3) is 0 Å². The molecule has 1 heterocycles. The highest BCUT2D eigenvalue weighted by atomic mass is 16.5. The van der Waals surface area contributed by atoms with Crippen molar-refractivity contribution in [3.63, 3.8) is 0 Å². The standard InChI is InChI=1S/C4H9N2O/c7-6-3-1-5-2-4-6/h7H,1-4H2. The Balaban J connectivity index is 2.12. The Morgan fingerprint density at radius 1 is 1.29 bits per heavy atom. The van der Waals surface area contributed by atoms with Crippen molar-refractivity contribution in [1.82, 2.24) is 10.4 Å². The molecule has 0 amide bonds. The van der Waals surface area contributed by atoms with E-state index in [2.05, 4.69) is 5.32 Å². The first-order valence-corrected chi connectivity index (χ1v) is 2.46. The van der Waals surface area contributed by atoms with Crippen LogP contribution < -0.4 is 5.32 Å². The molecule has 0 bridgehead atoms. The fourth-order valence-corrected chi connectivity index (χ4v) is 0.596. The van der Waals surface area contributed by atoms with Crippen molar-refractivity contribution in [2.75, 3.05) is 26.2 Å². The minimum absolute atomic E-state index is 0.708. The van der Waals surface area contributed by atoms with Crippen LogP contribution in [0.25, 0.3) is 0 Å². The smallest absolute Gasteiger partial charge is 0.0380 e. The molecule has 3 heteroatoms. The van der Waals surface area contributed by atoms with E-state index in [4.69, 9.17) is 5.21 Å². The molecule has 1 N–H and O–H groups in total. The molecule has 0 spiro atoms. The van der Waals surface area contributed by atoms with Gasteiger partial charge in [0.2, 0.25) is 0 Å². The van der Waals surface area contributed by atoms with Crippen LogP contribution in [0.5, 0.6) is 0 Å². The number of hydrogen-bond acceptors (Lipinski definition) is 2. The molecular formula is C4H9N2O. The maximum atomic E-state index is 8.68. The van der Waals surface area contributed by atoms with Crippen molar-refractivity contribution < 1.29 is 5.21 Å². The molecule has 1 fully saturated rings. The molecule has 3 nitrogen and oxygen atoms in total. The molecule has 7 heavy (non-hydrogen) atoms. The predicted molar refractivity (Wildman–Crippen MR) is 25.2 cm³/mol. The first-order chi connectivity index (χ1) is 3.39. The summed E-state index contributed by atoms with van der Waals surface area (Å²) in [6.07, 6.45) is 0. The van der Waals surface area contributed by atoms with Gasteiger partial charge in [0.15, 0.2) is 0 Å². The second-order valence-electron chi connectivity index (χ2n) is 1.62. The van der Waals surface area contributed by atoms with E-state index in [0.717, 1.165) is 13.1 Å². The molecule has 41 valence electrons. The highest BCUT2D eigenvalue weighted by Crippen LogP contribution is 1.84. The number of hydroxylamine groups is 2. The Morgan fingerprint density at radius 3 is 2.14 bits per heavy atom. The number of piperazine rings is 1. The highest BCUT2D eigenvalue weighted by Gasteiger charge is 2.04. The maximum absolute atomic E-state index is 8.68. The molecule has 0 aromatic heterocycles. The summed E-state index contributed by atoms with van der Waals surface area (Å²) >= 11 is 0. The molecule has 0 aromatic rings. The van der Waals surface area contributed by atoms with Gasteiger partial charge < -0.3 is 5.21 Å². The van der Waals surface area contributed by atoms with Crippen LogP contribution in [0, 0.1) is 0 Å². The molecule has 1 radical (unpaired) electrons. The van der Waals surface area contributed by atoms with Gasteiger partial charge in [0, 0.05) is 26.2 Å². The molecule has 0 saturated carbocycles. The van der Waals surface area contributed by atoms with Crippen molar-refractivity contribution >= 4 is 0 Å². The largest absolute Gasteiger partial charge is 0.314 e. The highest BCUT2D eigenvalue weighted by molar-refractivity contribution is 4.57. The first kappa shape index (κ1) is 5.03. The predicted octanol–water partition coefficient (Wildman–Crippen LogP) is -0.704. The van der Waals surface area contributed by atoms with Crippen molar-refractivity contribution in [3.05, 3.63) is 0 Å². The Kier molecular flexibility index (Phi) is 1.62. The Bertz CT molecular complexity index is 51.7. The third-order valence-corrected chi connectivity index (χ3v) is 1.03. The molecule has 1 aliphatic rings. The molecule has 0 aromatic carbocycles. The topological polar surface area (TPSA) is 37.6 Å². The van der Waals surface area contributed by atoms with Crippen LogP contribution in [0.4, 0.5) is 0 Å². The van der Waals surface area contributed by atoms with E-state index in [0.29, 0.717) is 13.1 Å². The number of hydrogen-bond donors (Lipinski definition) is 1. The molecule has 1 aliphatic heterocycles. The lowest BCUT2D eigenvalue weighted by Gasteiger charge is -2.18. The summed E-state index contributed by atoms with van der Waals surface area (Å²) in [7, 11) is 0. The normalized spacial score (nSPS) is 25.3. The van der Waals surface area contributed by atoms with Crippen LogP contribution >= 0.6 is 0 Å². The monoisotopic (exact) mass is 101 g/mol. The molecule has 1 saturated heterocycles. The van der Waals surface area contributed by atoms with Crippen LogP contribution in [-0.2, 0) is 0 Å². The third-order valence-electron chi connectivity index (χ3n) is 1.03. The third kappa shape index (κ3) is 1.43. The minimum Gasteiger partial charge on any atom is -0.314 e. The van der Waals surface area contributed by atoms with E-state index in [1.54, 1.807) is 0 Å². The van der Waals surface area contributed by atoms with Gasteiger partial charge in [-0.3, -0.25) is 0 Å². The fraction of sp³-hybridized carbons (Fsp3) is 1.00. The summed E-state index contributed by atoms with van der Waals surface area (Å²) in [5, 5.41) is 14.0. The van der Waals surface area contributed by atoms with Gasteiger partial charge in [-0.15, -0.1) is 0 Å². The van der Waals surface area contributed by atoms with Gasteiger partial charge in [-0.05, 0) is 0 Å². The SMILES string of the molecule is ON1CC[N]CC1. The zero-order valence-electron chi connectivity index (χ0n) is 4.17. The average Bonchev–Trinajstić information content (AvgIpc) is 1.69. The summed E-state index contributed by atoms with van der Waals surface area (Å²) in [6.45, 7) is 2.99. The van der Waals surface area contributed by atoms with E-state index in [1.807, 2.05) is 0 Å². The zero-order chi connectivity index (χ0) is 5.11. The molecule has 0 unspecified atom stereocenters. The van der Waals surface area contributed by atoms with Crippen molar-refractivity contribution in [2.45, 2.75) is 0 Å². The Labute approximate surface area is 42.9 Å².